The van der Waals surface area contributed by atoms with Gasteiger partial charge in [0.2, 0.25) is 11.8 Å². The van der Waals surface area contributed by atoms with Crippen LogP contribution in [0.3, 0.4) is 0 Å². The van der Waals surface area contributed by atoms with Crippen LogP contribution in [0.1, 0.15) is 103 Å². The van der Waals surface area contributed by atoms with Crippen molar-refractivity contribution >= 4 is 17.8 Å². The predicted molar refractivity (Wildman–Crippen MR) is 187 cm³/mol. The average Bonchev–Trinajstić information content (AvgIpc) is 3.58. The molecule has 0 radical (unpaired) electrons. The Labute approximate surface area is 307 Å². The molecule has 1 aromatic rings. The van der Waals surface area contributed by atoms with E-state index < -0.39 is 103 Å². The number of nitrogens with one attached hydrogen (secondary N) is 3. The van der Waals surface area contributed by atoms with E-state index in [0.29, 0.717) is 6.42 Å². The second-order valence-corrected chi connectivity index (χ2v) is 14.1. The van der Waals surface area contributed by atoms with Crippen LogP contribution in [0.25, 0.3) is 0 Å². The van der Waals surface area contributed by atoms with Gasteiger partial charge in [-0.05, 0) is 6.42 Å². The topological polar surface area (TPSA) is 274 Å². The first-order valence-corrected chi connectivity index (χ1v) is 18.9. The van der Waals surface area contributed by atoms with Crippen LogP contribution >= 0.6 is 0 Å². The Kier molecular flexibility index (Phi) is 16.9. The molecule has 3 fully saturated rings. The molecule has 3 saturated heterocycles. The number of ether oxygens (including phenoxy) is 4. The van der Waals surface area contributed by atoms with Crippen LogP contribution in [-0.2, 0) is 33.3 Å². The number of piperazine rings is 1. The van der Waals surface area contributed by atoms with Crippen molar-refractivity contribution < 1.29 is 53.8 Å². The maximum absolute atomic E-state index is 13.5. The van der Waals surface area contributed by atoms with Crippen molar-refractivity contribution in [2.75, 3.05) is 13.2 Å². The first-order valence-electron chi connectivity index (χ1n) is 18.9. The summed E-state index contributed by atoms with van der Waals surface area (Å²) in [5, 5.41) is 47.8. The third kappa shape index (κ3) is 11.6. The van der Waals surface area contributed by atoms with Crippen LogP contribution in [0.2, 0.25) is 0 Å². The van der Waals surface area contributed by atoms with E-state index in [4.69, 9.17) is 24.7 Å². The molecule has 0 saturated carbocycles. The summed E-state index contributed by atoms with van der Waals surface area (Å²) in [7, 11) is 0. The molecule has 1 aromatic heterocycles. The molecule has 4 rings (SSSR count). The van der Waals surface area contributed by atoms with Crippen molar-refractivity contribution in [2.24, 2.45) is 5.73 Å². The van der Waals surface area contributed by atoms with Crippen LogP contribution < -0.4 is 27.6 Å². The van der Waals surface area contributed by atoms with Crippen LogP contribution in [0.15, 0.2) is 21.9 Å². The number of carbonyl (C=O) groups is 3. The quantitative estimate of drug-likeness (QED) is 0.0519. The van der Waals surface area contributed by atoms with E-state index in [1.54, 1.807) is 0 Å². The van der Waals surface area contributed by atoms with Crippen molar-refractivity contribution in [3.8, 4) is 0 Å². The molecule has 0 bridgehead atoms. The number of hydrogen-bond donors (Lipinski definition) is 8. The van der Waals surface area contributed by atoms with E-state index in [-0.39, 0.29) is 13.0 Å². The third-order valence-corrected chi connectivity index (χ3v) is 10.0. The van der Waals surface area contributed by atoms with Crippen molar-refractivity contribution in [3.63, 3.8) is 0 Å². The second-order valence-electron chi connectivity index (χ2n) is 14.1. The zero-order valence-corrected chi connectivity index (χ0v) is 30.3. The number of amides is 2. The fraction of sp³-hybridized carbons (Fsp3) is 0.800. The fourth-order valence-corrected chi connectivity index (χ4v) is 6.87. The molecule has 0 aromatic carbocycles. The van der Waals surface area contributed by atoms with E-state index in [1.165, 1.54) is 57.8 Å². The standard InChI is InChI=1S/C35H57N5O13/c1-2-3-4-5-6-7-8-9-10-11-12-13-14-15-23(42)50-19-20-31(47)39-24(32(48)37-20)29(53-34-28(46)25(43)21(18-36)51-34)30-26(44)27(45)33(52-30)40-17-16-22(41)38-35(40)49/h16-17,20-21,24-30,33-34,43-46H,2-15,18-19,36H2,1H3,(H,37,48)(H,39,47)(H,38,41,49)/t20?,21-,24+,25-,26+,27-,28-,29?,30+,33-,34+/m1/s1. The highest BCUT2D eigenvalue weighted by molar-refractivity contribution is 5.97. The van der Waals surface area contributed by atoms with Gasteiger partial charge in [0.1, 0.15) is 61.4 Å². The SMILES string of the molecule is CCCCCCCCCCCCCCCC(=O)OCC1NC(=O)[C@H](C(O[C@@H]2O[C@H](CN)[C@@H](O)[C@H]2O)[C@H]2O[C@@H](n3ccc(=O)[nH]c3=O)[C@H](O)[C@@H]2O)NC1=O. The Balaban J connectivity index is 1.29. The molecule has 11 atom stereocenters. The lowest BCUT2D eigenvalue weighted by molar-refractivity contribution is -0.227. The lowest BCUT2D eigenvalue weighted by atomic mass is 9.96. The summed E-state index contributed by atoms with van der Waals surface area (Å²) in [6, 6.07) is -1.91. The van der Waals surface area contributed by atoms with E-state index in [9.17, 15) is 44.4 Å². The smallest absolute Gasteiger partial charge is 0.330 e. The molecule has 53 heavy (non-hydrogen) atoms. The first-order chi connectivity index (χ1) is 25.5. The number of esters is 1. The number of aliphatic hydroxyl groups is 4. The summed E-state index contributed by atoms with van der Waals surface area (Å²) in [6.07, 6.45) is 1.92. The molecule has 2 amide bonds. The highest BCUT2D eigenvalue weighted by Crippen LogP contribution is 2.34. The Morgan fingerprint density at radius 2 is 1.45 bits per heavy atom. The fourth-order valence-electron chi connectivity index (χ4n) is 6.87. The number of carbonyl (C=O) groups excluding carboxylic acids is 3. The van der Waals surface area contributed by atoms with Crippen LogP contribution in [0.4, 0.5) is 0 Å². The summed E-state index contributed by atoms with van der Waals surface area (Å²) in [5.41, 5.74) is 3.92. The molecule has 9 N–H and O–H groups in total. The normalized spacial score (nSPS) is 30.6. The molecule has 18 nitrogen and oxygen atoms in total. The molecule has 0 spiro atoms. The number of rotatable bonds is 22. The van der Waals surface area contributed by atoms with Gasteiger partial charge in [-0.3, -0.25) is 28.7 Å². The van der Waals surface area contributed by atoms with Crippen LogP contribution in [-0.4, -0.2) is 122 Å². The molecule has 3 aliphatic heterocycles. The number of hydrogen-bond acceptors (Lipinski definition) is 14. The van der Waals surface area contributed by atoms with Gasteiger partial charge in [0, 0.05) is 25.2 Å². The summed E-state index contributed by atoms with van der Waals surface area (Å²) in [5.74, 6) is -2.14. The van der Waals surface area contributed by atoms with Gasteiger partial charge >= 0.3 is 11.7 Å². The molecular formula is C35H57N5O13. The lowest BCUT2D eigenvalue weighted by Gasteiger charge is -2.38. The summed E-state index contributed by atoms with van der Waals surface area (Å²) in [6.45, 7) is 1.57. The molecular weight excluding hydrogens is 698 g/mol. The third-order valence-electron chi connectivity index (χ3n) is 10.0. The van der Waals surface area contributed by atoms with Gasteiger partial charge in [-0.15, -0.1) is 0 Å². The summed E-state index contributed by atoms with van der Waals surface area (Å²) in [4.78, 5) is 65.1. The van der Waals surface area contributed by atoms with Crippen molar-refractivity contribution in [1.82, 2.24) is 20.2 Å². The Bertz CT molecular complexity index is 1440. The van der Waals surface area contributed by atoms with Gasteiger partial charge < -0.3 is 55.7 Å². The van der Waals surface area contributed by atoms with E-state index >= 15 is 0 Å². The van der Waals surface area contributed by atoms with E-state index in [2.05, 4.69) is 17.6 Å². The number of aliphatic hydroxyl groups excluding tert-OH is 4. The first kappa shape index (κ1) is 42.5. The Hall–Kier alpha value is -3.23. The maximum Gasteiger partial charge on any atom is 0.330 e. The molecule has 300 valence electrons. The minimum atomic E-state index is -1.84. The molecule has 18 heteroatoms. The van der Waals surface area contributed by atoms with Gasteiger partial charge in [-0.1, -0.05) is 84.0 Å². The lowest BCUT2D eigenvalue weighted by Crippen LogP contribution is -2.69. The number of unbranched alkanes of at least 4 members (excludes halogenated alkanes) is 12. The van der Waals surface area contributed by atoms with Gasteiger partial charge in [0.05, 0.1) is 0 Å². The monoisotopic (exact) mass is 755 g/mol. The molecule has 0 aliphatic carbocycles. The van der Waals surface area contributed by atoms with Crippen LogP contribution in [0, 0.1) is 0 Å². The van der Waals surface area contributed by atoms with Gasteiger partial charge in [0.15, 0.2) is 12.5 Å². The van der Waals surface area contributed by atoms with Gasteiger partial charge in [0.25, 0.3) is 5.56 Å². The Morgan fingerprint density at radius 1 is 0.830 bits per heavy atom. The van der Waals surface area contributed by atoms with Crippen LogP contribution in [0.5, 0.6) is 0 Å². The number of aromatic amines is 1. The minimum Gasteiger partial charge on any atom is -0.463 e. The number of nitrogens with zero attached hydrogens (tertiary/aromatic N) is 1. The highest BCUT2D eigenvalue weighted by atomic mass is 16.7. The zero-order chi connectivity index (χ0) is 38.5. The van der Waals surface area contributed by atoms with Crippen molar-refractivity contribution in [3.05, 3.63) is 33.1 Å². The maximum atomic E-state index is 13.5. The zero-order valence-electron chi connectivity index (χ0n) is 30.3. The number of aromatic nitrogens is 2. The molecule has 2 unspecified atom stereocenters. The van der Waals surface area contributed by atoms with E-state index in [1.807, 2.05) is 4.98 Å². The van der Waals surface area contributed by atoms with Crippen molar-refractivity contribution in [1.29, 1.82) is 0 Å². The predicted octanol–water partition coefficient (Wildman–Crippen LogP) is -1.05. The van der Waals surface area contributed by atoms with E-state index in [0.717, 1.165) is 36.1 Å². The highest BCUT2D eigenvalue weighted by Gasteiger charge is 2.55. The second kappa shape index (κ2) is 21.0. The average molecular weight is 756 g/mol. The Morgan fingerprint density at radius 3 is 2.04 bits per heavy atom. The number of nitrogens with two attached hydrogens (primary N) is 1. The molecule has 4 heterocycles. The summed E-state index contributed by atoms with van der Waals surface area (Å²) < 4.78 is 23.3. The summed E-state index contributed by atoms with van der Waals surface area (Å²) >= 11 is 0. The molecule has 3 aliphatic rings. The van der Waals surface area contributed by atoms with Gasteiger partial charge in [-0.25, -0.2) is 4.79 Å². The number of H-pyrrole nitrogens is 1. The van der Waals surface area contributed by atoms with Crippen molar-refractivity contribution in [2.45, 2.75) is 164 Å². The largest absolute Gasteiger partial charge is 0.463 e. The van der Waals surface area contributed by atoms with Gasteiger partial charge in [-0.2, -0.15) is 0 Å². The minimum absolute atomic E-state index is 0.163.